The van der Waals surface area contributed by atoms with Crippen molar-refractivity contribution < 1.29 is 4.39 Å². The fourth-order valence-electron chi connectivity index (χ4n) is 1.27. The van der Waals surface area contributed by atoms with Gasteiger partial charge in [0.05, 0.1) is 0 Å². The zero-order valence-electron chi connectivity index (χ0n) is 10.3. The number of allylic oxidation sites excluding steroid dienone is 5. The molecule has 0 aliphatic heterocycles. The lowest BCUT2D eigenvalue weighted by molar-refractivity contribution is 0.613. The fraction of sp³-hybridized carbons (Fsp3) is 0.571. The van der Waals surface area contributed by atoms with Gasteiger partial charge < -0.3 is 0 Å². The normalized spacial score (nSPS) is 13.1. The van der Waals surface area contributed by atoms with Crippen LogP contribution in [0.2, 0.25) is 0 Å². The Hall–Kier alpha value is -0.850. The molecule has 0 saturated heterocycles. The maximum absolute atomic E-state index is 13.5. The van der Waals surface area contributed by atoms with Crippen LogP contribution in [-0.4, -0.2) is 0 Å². The van der Waals surface area contributed by atoms with Crippen molar-refractivity contribution in [2.45, 2.75) is 52.9 Å². The SMILES string of the molecule is C=C(CCCCCC)/C(F)=C\C(C)=C/C. The molecule has 0 unspecified atom stereocenters. The second-order valence-corrected chi connectivity index (χ2v) is 3.94. The molecule has 0 aliphatic rings. The molecule has 0 aromatic carbocycles. The number of rotatable bonds is 7. The first-order chi connectivity index (χ1) is 7.11. The maximum Gasteiger partial charge on any atom is 0.126 e. The Morgan fingerprint density at radius 1 is 1.27 bits per heavy atom. The van der Waals surface area contributed by atoms with Crippen LogP contribution in [0.1, 0.15) is 52.9 Å². The van der Waals surface area contributed by atoms with Gasteiger partial charge in [-0.15, -0.1) is 0 Å². The minimum absolute atomic E-state index is 0.165. The molecular weight excluding hydrogens is 187 g/mol. The van der Waals surface area contributed by atoms with Crippen LogP contribution in [0.25, 0.3) is 0 Å². The summed E-state index contributed by atoms with van der Waals surface area (Å²) in [7, 11) is 0. The molecule has 1 heteroatoms. The van der Waals surface area contributed by atoms with Gasteiger partial charge in [-0.1, -0.05) is 44.4 Å². The standard InChI is InChI=1S/C14H23F/c1-5-7-8-9-10-13(4)14(15)11-12(3)6-2/h6,11H,4-5,7-10H2,1-3H3/b12-6-,14-11+. The molecule has 0 N–H and O–H groups in total. The van der Waals surface area contributed by atoms with Gasteiger partial charge in [0.25, 0.3) is 0 Å². The van der Waals surface area contributed by atoms with Gasteiger partial charge in [-0.2, -0.15) is 0 Å². The number of halogens is 1. The van der Waals surface area contributed by atoms with Crippen molar-refractivity contribution in [3.63, 3.8) is 0 Å². The first-order valence-electron chi connectivity index (χ1n) is 5.80. The van der Waals surface area contributed by atoms with Crippen LogP contribution in [0.5, 0.6) is 0 Å². The fourth-order valence-corrected chi connectivity index (χ4v) is 1.27. The highest BCUT2D eigenvalue weighted by atomic mass is 19.1. The van der Waals surface area contributed by atoms with Crippen molar-refractivity contribution in [3.05, 3.63) is 35.7 Å². The van der Waals surface area contributed by atoms with Crippen LogP contribution in [0.4, 0.5) is 4.39 Å². The summed E-state index contributed by atoms with van der Waals surface area (Å²) in [5.74, 6) is -0.165. The van der Waals surface area contributed by atoms with E-state index in [2.05, 4.69) is 13.5 Å². The molecule has 86 valence electrons. The number of unbranched alkanes of at least 4 members (excludes halogenated alkanes) is 3. The lowest BCUT2D eigenvalue weighted by Gasteiger charge is -2.03. The summed E-state index contributed by atoms with van der Waals surface area (Å²) in [4.78, 5) is 0. The van der Waals surface area contributed by atoms with E-state index in [4.69, 9.17) is 0 Å². The minimum atomic E-state index is -0.165. The van der Waals surface area contributed by atoms with Crippen LogP contribution in [0.15, 0.2) is 35.7 Å². The van der Waals surface area contributed by atoms with Crippen molar-refractivity contribution in [1.29, 1.82) is 0 Å². The van der Waals surface area contributed by atoms with Gasteiger partial charge >= 0.3 is 0 Å². The Morgan fingerprint density at radius 3 is 2.47 bits per heavy atom. The van der Waals surface area contributed by atoms with Crippen molar-refractivity contribution in [2.75, 3.05) is 0 Å². The van der Waals surface area contributed by atoms with Gasteiger partial charge in [-0.3, -0.25) is 0 Å². The second-order valence-electron chi connectivity index (χ2n) is 3.94. The molecule has 0 fully saturated rings. The van der Waals surface area contributed by atoms with Crippen molar-refractivity contribution in [2.24, 2.45) is 0 Å². The largest absolute Gasteiger partial charge is 0.207 e. The van der Waals surface area contributed by atoms with E-state index in [0.29, 0.717) is 5.57 Å². The highest BCUT2D eigenvalue weighted by Crippen LogP contribution is 2.18. The molecule has 0 rings (SSSR count). The van der Waals surface area contributed by atoms with Gasteiger partial charge in [0.2, 0.25) is 0 Å². The Labute approximate surface area is 93.6 Å². The van der Waals surface area contributed by atoms with E-state index >= 15 is 0 Å². The molecule has 0 aromatic heterocycles. The summed E-state index contributed by atoms with van der Waals surface area (Å²) < 4.78 is 13.5. The highest BCUT2D eigenvalue weighted by molar-refractivity contribution is 5.29. The zero-order chi connectivity index (χ0) is 11.7. The molecule has 0 amide bonds. The molecule has 0 bridgehead atoms. The van der Waals surface area contributed by atoms with Crippen molar-refractivity contribution in [3.8, 4) is 0 Å². The predicted octanol–water partition coefficient (Wildman–Crippen LogP) is 5.33. The van der Waals surface area contributed by atoms with E-state index in [-0.39, 0.29) is 5.83 Å². The third-order valence-corrected chi connectivity index (χ3v) is 2.48. The molecule has 0 nitrogen and oxygen atoms in total. The van der Waals surface area contributed by atoms with Crippen LogP contribution in [0, 0.1) is 0 Å². The lowest BCUT2D eigenvalue weighted by Crippen LogP contribution is -1.85. The van der Waals surface area contributed by atoms with Crippen molar-refractivity contribution >= 4 is 0 Å². The third-order valence-electron chi connectivity index (χ3n) is 2.48. The van der Waals surface area contributed by atoms with Gasteiger partial charge in [0.1, 0.15) is 5.83 Å². The molecule has 0 spiro atoms. The van der Waals surface area contributed by atoms with Crippen LogP contribution in [-0.2, 0) is 0 Å². The molecule has 0 heterocycles. The zero-order valence-corrected chi connectivity index (χ0v) is 10.3. The monoisotopic (exact) mass is 210 g/mol. The van der Waals surface area contributed by atoms with Crippen molar-refractivity contribution in [1.82, 2.24) is 0 Å². The predicted molar refractivity (Wildman–Crippen MR) is 66.5 cm³/mol. The van der Waals surface area contributed by atoms with E-state index < -0.39 is 0 Å². The topological polar surface area (TPSA) is 0 Å². The quantitative estimate of drug-likeness (QED) is 0.393. The number of hydrogen-bond donors (Lipinski definition) is 0. The first-order valence-corrected chi connectivity index (χ1v) is 5.80. The van der Waals surface area contributed by atoms with Gasteiger partial charge in [0, 0.05) is 0 Å². The van der Waals surface area contributed by atoms with E-state index in [1.54, 1.807) is 6.08 Å². The molecule has 15 heavy (non-hydrogen) atoms. The summed E-state index contributed by atoms with van der Waals surface area (Å²) in [5, 5.41) is 0. The van der Waals surface area contributed by atoms with E-state index in [9.17, 15) is 4.39 Å². The second kappa shape index (κ2) is 8.46. The minimum Gasteiger partial charge on any atom is -0.207 e. The smallest absolute Gasteiger partial charge is 0.126 e. The Bertz CT molecular complexity index is 246. The first kappa shape index (κ1) is 14.2. The third kappa shape index (κ3) is 7.12. The van der Waals surface area contributed by atoms with Crippen LogP contribution >= 0.6 is 0 Å². The summed E-state index contributed by atoms with van der Waals surface area (Å²) in [6, 6.07) is 0. The van der Waals surface area contributed by atoms with Crippen LogP contribution in [0.3, 0.4) is 0 Å². The summed E-state index contributed by atoms with van der Waals surface area (Å²) >= 11 is 0. The molecule has 0 aromatic rings. The van der Waals surface area contributed by atoms with Crippen LogP contribution < -0.4 is 0 Å². The lowest BCUT2D eigenvalue weighted by atomic mass is 10.1. The average molecular weight is 210 g/mol. The van der Waals surface area contributed by atoms with Gasteiger partial charge in [-0.05, 0) is 38.3 Å². The number of hydrogen-bond acceptors (Lipinski definition) is 0. The van der Waals surface area contributed by atoms with Gasteiger partial charge in [-0.25, -0.2) is 4.39 Å². The summed E-state index contributed by atoms with van der Waals surface area (Å²) in [5.41, 5.74) is 1.58. The Kier molecular flexibility index (Phi) is 7.98. The molecule has 0 aliphatic carbocycles. The average Bonchev–Trinajstić information content (AvgIpc) is 2.23. The van der Waals surface area contributed by atoms with E-state index in [0.717, 1.165) is 18.4 Å². The Balaban J connectivity index is 3.94. The van der Waals surface area contributed by atoms with E-state index in [1.807, 2.05) is 19.9 Å². The highest BCUT2D eigenvalue weighted by Gasteiger charge is 2.01. The molecule has 0 atom stereocenters. The molecule has 0 radical (unpaired) electrons. The summed E-state index contributed by atoms with van der Waals surface area (Å²) in [6.07, 6.45) is 8.88. The molecular formula is C14H23F. The van der Waals surface area contributed by atoms with Gasteiger partial charge in [0.15, 0.2) is 0 Å². The Morgan fingerprint density at radius 2 is 1.93 bits per heavy atom. The van der Waals surface area contributed by atoms with E-state index in [1.165, 1.54) is 19.3 Å². The maximum atomic E-state index is 13.5. The molecule has 0 saturated carbocycles. The summed E-state index contributed by atoms with van der Waals surface area (Å²) in [6.45, 7) is 9.74.